The van der Waals surface area contributed by atoms with Crippen molar-refractivity contribution in [2.24, 2.45) is 0 Å². The molecule has 1 aromatic carbocycles. The van der Waals surface area contributed by atoms with Crippen LogP contribution in [0.3, 0.4) is 0 Å². The lowest BCUT2D eigenvalue weighted by molar-refractivity contribution is 0.282. The van der Waals surface area contributed by atoms with Crippen LogP contribution in [0.4, 0.5) is 5.69 Å². The zero-order chi connectivity index (χ0) is 13.3. The Hall–Kier alpha value is -1.000. The summed E-state index contributed by atoms with van der Waals surface area (Å²) in [5.41, 5.74) is 7.86. The maximum atomic E-state index is 9.18. The normalized spacial score (nSPS) is 10.7. The Bertz CT molecular complexity index is 602. The van der Waals surface area contributed by atoms with Crippen LogP contribution >= 0.6 is 34.8 Å². The third-order valence-corrected chi connectivity index (χ3v) is 3.52. The average Bonchev–Trinajstić information content (AvgIpc) is 2.34. The van der Waals surface area contributed by atoms with Gasteiger partial charge in [-0.3, -0.25) is 4.98 Å². The fraction of sp³-hybridized carbons (Fsp3) is 0.0833. The Balaban J connectivity index is 2.69. The van der Waals surface area contributed by atoms with Gasteiger partial charge < -0.3 is 10.8 Å². The quantitative estimate of drug-likeness (QED) is 0.830. The first-order chi connectivity index (χ1) is 8.54. The van der Waals surface area contributed by atoms with Crippen molar-refractivity contribution in [3.8, 4) is 11.3 Å². The maximum absolute atomic E-state index is 9.18. The predicted molar refractivity (Wildman–Crippen MR) is 75.0 cm³/mol. The van der Waals surface area contributed by atoms with E-state index in [-0.39, 0.29) is 6.61 Å². The fourth-order valence-electron chi connectivity index (χ4n) is 1.59. The van der Waals surface area contributed by atoms with Gasteiger partial charge in [-0.2, -0.15) is 0 Å². The maximum Gasteiger partial charge on any atom is 0.0950 e. The zero-order valence-corrected chi connectivity index (χ0v) is 11.4. The van der Waals surface area contributed by atoms with E-state index in [1.54, 1.807) is 24.4 Å². The van der Waals surface area contributed by atoms with Crippen molar-refractivity contribution < 1.29 is 5.11 Å². The van der Waals surface area contributed by atoms with Crippen molar-refractivity contribution in [3.05, 3.63) is 45.0 Å². The van der Waals surface area contributed by atoms with Crippen molar-refractivity contribution in [3.63, 3.8) is 0 Å². The Morgan fingerprint density at radius 3 is 2.61 bits per heavy atom. The lowest BCUT2D eigenvalue weighted by Crippen LogP contribution is -1.99. The molecule has 0 saturated carbocycles. The Morgan fingerprint density at radius 1 is 1.22 bits per heavy atom. The molecule has 6 heteroatoms. The lowest BCUT2D eigenvalue weighted by atomic mass is 10.1. The highest BCUT2D eigenvalue weighted by atomic mass is 35.5. The molecule has 3 nitrogen and oxygen atoms in total. The summed E-state index contributed by atoms with van der Waals surface area (Å²) in [6.07, 6.45) is 1.54. The number of halogens is 3. The number of hydrogen-bond donors (Lipinski definition) is 2. The second kappa shape index (κ2) is 5.33. The summed E-state index contributed by atoms with van der Waals surface area (Å²) >= 11 is 18.0. The van der Waals surface area contributed by atoms with Gasteiger partial charge in [-0.15, -0.1) is 0 Å². The van der Waals surface area contributed by atoms with Gasteiger partial charge in [-0.25, -0.2) is 0 Å². The molecule has 0 unspecified atom stereocenters. The number of aliphatic hydroxyl groups excluding tert-OH is 1. The molecule has 0 atom stereocenters. The molecule has 0 saturated heterocycles. The second-order valence-corrected chi connectivity index (χ2v) is 4.86. The first-order valence-corrected chi connectivity index (χ1v) is 6.17. The van der Waals surface area contributed by atoms with Crippen LogP contribution in [-0.4, -0.2) is 10.1 Å². The van der Waals surface area contributed by atoms with Crippen LogP contribution in [0.1, 0.15) is 5.56 Å². The third-order valence-electron chi connectivity index (χ3n) is 2.50. The van der Waals surface area contributed by atoms with Gasteiger partial charge in [0.05, 0.1) is 28.0 Å². The molecule has 0 aliphatic heterocycles. The van der Waals surface area contributed by atoms with Crippen LogP contribution in [-0.2, 0) is 6.61 Å². The van der Waals surface area contributed by atoms with Gasteiger partial charge in [-0.1, -0.05) is 34.8 Å². The molecule has 0 amide bonds. The first-order valence-electron chi connectivity index (χ1n) is 5.03. The van der Waals surface area contributed by atoms with E-state index in [1.165, 1.54) is 0 Å². The van der Waals surface area contributed by atoms with E-state index in [0.29, 0.717) is 37.6 Å². The largest absolute Gasteiger partial charge is 0.397 e. The minimum atomic E-state index is -0.173. The van der Waals surface area contributed by atoms with Crippen LogP contribution in [0.15, 0.2) is 24.4 Å². The molecule has 0 aliphatic carbocycles. The number of benzene rings is 1. The van der Waals surface area contributed by atoms with Crippen molar-refractivity contribution in [2.75, 3.05) is 5.73 Å². The average molecular weight is 304 g/mol. The number of aliphatic hydroxyl groups is 1. The highest BCUT2D eigenvalue weighted by molar-refractivity contribution is 6.45. The highest BCUT2D eigenvalue weighted by Gasteiger charge is 2.14. The predicted octanol–water partition coefficient (Wildman–Crippen LogP) is 3.78. The van der Waals surface area contributed by atoms with Crippen LogP contribution < -0.4 is 5.73 Å². The molecule has 0 spiro atoms. The van der Waals surface area contributed by atoms with Gasteiger partial charge >= 0.3 is 0 Å². The molecule has 1 heterocycles. The third kappa shape index (κ3) is 2.40. The molecule has 0 aliphatic rings. The SMILES string of the molecule is Nc1c(CO)ccnc1-c1cc(Cl)cc(Cl)c1Cl. The summed E-state index contributed by atoms with van der Waals surface area (Å²) in [4.78, 5) is 4.16. The van der Waals surface area contributed by atoms with Crippen molar-refractivity contribution in [2.45, 2.75) is 6.61 Å². The zero-order valence-electron chi connectivity index (χ0n) is 9.12. The van der Waals surface area contributed by atoms with Crippen LogP contribution in [0.25, 0.3) is 11.3 Å². The van der Waals surface area contributed by atoms with E-state index in [2.05, 4.69) is 4.98 Å². The number of aromatic nitrogens is 1. The van der Waals surface area contributed by atoms with E-state index >= 15 is 0 Å². The van der Waals surface area contributed by atoms with Gasteiger partial charge in [0.1, 0.15) is 0 Å². The number of nitrogen functional groups attached to an aromatic ring is 1. The van der Waals surface area contributed by atoms with Crippen LogP contribution in [0.2, 0.25) is 15.1 Å². The lowest BCUT2D eigenvalue weighted by Gasteiger charge is -2.11. The smallest absolute Gasteiger partial charge is 0.0950 e. The molecule has 94 valence electrons. The summed E-state index contributed by atoms with van der Waals surface area (Å²) < 4.78 is 0. The molecular weight excluding hydrogens is 295 g/mol. The van der Waals surface area contributed by atoms with Crippen LogP contribution in [0.5, 0.6) is 0 Å². The van der Waals surface area contributed by atoms with Crippen molar-refractivity contribution in [1.29, 1.82) is 0 Å². The van der Waals surface area contributed by atoms with E-state index in [9.17, 15) is 5.11 Å². The van der Waals surface area contributed by atoms with Gasteiger partial charge in [0.2, 0.25) is 0 Å². The summed E-state index contributed by atoms with van der Waals surface area (Å²) in [6, 6.07) is 4.82. The molecule has 0 fully saturated rings. The second-order valence-electron chi connectivity index (χ2n) is 3.64. The standard InChI is InChI=1S/C12H9Cl3N2O/c13-7-3-8(10(15)9(14)4-7)12-11(16)6(5-18)1-2-17-12/h1-4,18H,5,16H2. The number of hydrogen-bond acceptors (Lipinski definition) is 3. The van der Waals surface area contributed by atoms with E-state index in [4.69, 9.17) is 40.5 Å². The highest BCUT2D eigenvalue weighted by Crippen LogP contribution is 2.38. The molecular formula is C12H9Cl3N2O. The van der Waals surface area contributed by atoms with Crippen LogP contribution in [0, 0.1) is 0 Å². The summed E-state index contributed by atoms with van der Waals surface area (Å²) in [5.74, 6) is 0. The summed E-state index contributed by atoms with van der Waals surface area (Å²) in [7, 11) is 0. The topological polar surface area (TPSA) is 59.1 Å². The van der Waals surface area contributed by atoms with Gasteiger partial charge in [0.25, 0.3) is 0 Å². The number of rotatable bonds is 2. The molecule has 3 N–H and O–H groups in total. The molecule has 2 rings (SSSR count). The number of pyridine rings is 1. The van der Waals surface area contributed by atoms with Gasteiger partial charge in [0, 0.05) is 22.3 Å². The van der Waals surface area contributed by atoms with Crippen molar-refractivity contribution in [1.82, 2.24) is 4.98 Å². The number of nitrogens with zero attached hydrogens (tertiary/aromatic N) is 1. The van der Waals surface area contributed by atoms with E-state index < -0.39 is 0 Å². The molecule has 0 radical (unpaired) electrons. The molecule has 18 heavy (non-hydrogen) atoms. The minimum Gasteiger partial charge on any atom is -0.397 e. The van der Waals surface area contributed by atoms with Gasteiger partial charge in [0.15, 0.2) is 0 Å². The monoisotopic (exact) mass is 302 g/mol. The molecule has 2 aromatic rings. The van der Waals surface area contributed by atoms with E-state index in [0.717, 1.165) is 0 Å². The summed E-state index contributed by atoms with van der Waals surface area (Å²) in [6.45, 7) is -0.173. The number of nitrogens with two attached hydrogens (primary N) is 1. The first kappa shape index (κ1) is 13.4. The molecule has 1 aromatic heterocycles. The summed E-state index contributed by atoms with van der Waals surface area (Å²) in [5, 5.41) is 10.3. The Labute approximate surface area is 119 Å². The number of anilines is 1. The fourth-order valence-corrected chi connectivity index (χ4v) is 2.29. The van der Waals surface area contributed by atoms with Gasteiger partial charge in [-0.05, 0) is 18.2 Å². The van der Waals surface area contributed by atoms with Crippen molar-refractivity contribution >= 4 is 40.5 Å². The Morgan fingerprint density at radius 2 is 1.94 bits per heavy atom. The molecule has 0 bridgehead atoms. The minimum absolute atomic E-state index is 0.173. The van der Waals surface area contributed by atoms with E-state index in [1.807, 2.05) is 0 Å². The Kier molecular flexibility index (Phi) is 3.97.